The standard InChI is InChI=1S/C7H13N3O/c1-3-5-4-6(8)9-7(11)10(5)2/h5H,3-4H2,1-2H3,(H2,8,9,11). The summed E-state index contributed by atoms with van der Waals surface area (Å²) in [5.74, 6) is 0.458. The number of carbonyl (C=O) groups is 1. The van der Waals surface area contributed by atoms with Crippen molar-refractivity contribution >= 4 is 11.9 Å². The lowest BCUT2D eigenvalue weighted by atomic mass is 10.1. The van der Waals surface area contributed by atoms with Gasteiger partial charge in [-0.05, 0) is 6.42 Å². The monoisotopic (exact) mass is 155 g/mol. The average Bonchev–Trinajstić information content (AvgIpc) is 1.96. The number of hydrogen-bond acceptors (Lipinski definition) is 2. The van der Waals surface area contributed by atoms with E-state index in [0.29, 0.717) is 12.3 Å². The number of nitrogens with zero attached hydrogens (tertiary/aromatic N) is 2. The van der Waals surface area contributed by atoms with Crippen LogP contribution in [0, 0.1) is 0 Å². The predicted molar refractivity (Wildman–Crippen MR) is 43.5 cm³/mol. The van der Waals surface area contributed by atoms with Gasteiger partial charge in [0.25, 0.3) is 0 Å². The van der Waals surface area contributed by atoms with Crippen LogP contribution in [0.15, 0.2) is 4.99 Å². The van der Waals surface area contributed by atoms with E-state index >= 15 is 0 Å². The van der Waals surface area contributed by atoms with Gasteiger partial charge in [-0.3, -0.25) is 0 Å². The molecule has 0 saturated carbocycles. The Labute approximate surface area is 66.1 Å². The van der Waals surface area contributed by atoms with Crippen molar-refractivity contribution in [2.45, 2.75) is 25.8 Å². The molecule has 0 aromatic heterocycles. The van der Waals surface area contributed by atoms with Gasteiger partial charge >= 0.3 is 6.03 Å². The molecule has 0 radical (unpaired) electrons. The van der Waals surface area contributed by atoms with E-state index in [1.807, 2.05) is 6.92 Å². The average molecular weight is 155 g/mol. The quantitative estimate of drug-likeness (QED) is 0.602. The zero-order chi connectivity index (χ0) is 8.43. The lowest BCUT2D eigenvalue weighted by Crippen LogP contribution is -2.42. The number of rotatable bonds is 1. The predicted octanol–water partition coefficient (Wildman–Crippen LogP) is 0.578. The van der Waals surface area contributed by atoms with E-state index in [1.54, 1.807) is 11.9 Å². The smallest absolute Gasteiger partial charge is 0.345 e. The van der Waals surface area contributed by atoms with Crippen molar-refractivity contribution < 1.29 is 4.79 Å². The van der Waals surface area contributed by atoms with Gasteiger partial charge in [-0.2, -0.15) is 4.99 Å². The van der Waals surface area contributed by atoms with Gasteiger partial charge < -0.3 is 10.6 Å². The van der Waals surface area contributed by atoms with E-state index in [0.717, 1.165) is 6.42 Å². The van der Waals surface area contributed by atoms with Crippen LogP contribution in [0.1, 0.15) is 19.8 Å². The van der Waals surface area contributed by atoms with Gasteiger partial charge in [0, 0.05) is 19.5 Å². The number of nitrogens with two attached hydrogens (primary N) is 1. The molecule has 1 heterocycles. The largest absolute Gasteiger partial charge is 0.387 e. The first-order chi connectivity index (χ1) is 5.15. The van der Waals surface area contributed by atoms with Crippen molar-refractivity contribution in [3.05, 3.63) is 0 Å². The third kappa shape index (κ3) is 1.50. The van der Waals surface area contributed by atoms with Gasteiger partial charge in [-0.15, -0.1) is 0 Å². The molecule has 1 aliphatic rings. The number of aliphatic imine (C=N–C) groups is 1. The molecule has 1 unspecified atom stereocenters. The zero-order valence-corrected chi connectivity index (χ0v) is 6.87. The van der Waals surface area contributed by atoms with Gasteiger partial charge in [0.05, 0.1) is 0 Å². The van der Waals surface area contributed by atoms with E-state index in [-0.39, 0.29) is 12.1 Å². The number of amides is 2. The fourth-order valence-corrected chi connectivity index (χ4v) is 1.20. The highest BCUT2D eigenvalue weighted by molar-refractivity contribution is 5.95. The molecule has 0 fully saturated rings. The first-order valence-electron chi connectivity index (χ1n) is 3.75. The van der Waals surface area contributed by atoms with E-state index in [4.69, 9.17) is 5.73 Å². The van der Waals surface area contributed by atoms with Crippen molar-refractivity contribution in [1.82, 2.24) is 4.90 Å². The Kier molecular flexibility index (Phi) is 2.12. The molecule has 0 bridgehead atoms. The highest BCUT2D eigenvalue weighted by Crippen LogP contribution is 2.12. The summed E-state index contributed by atoms with van der Waals surface area (Å²) in [6.45, 7) is 2.03. The third-order valence-corrected chi connectivity index (χ3v) is 2.00. The van der Waals surface area contributed by atoms with Gasteiger partial charge in [0.1, 0.15) is 5.84 Å². The molecule has 0 aromatic rings. The lowest BCUT2D eigenvalue weighted by molar-refractivity contribution is 0.195. The first-order valence-corrected chi connectivity index (χ1v) is 3.75. The Balaban J connectivity index is 2.76. The lowest BCUT2D eigenvalue weighted by Gasteiger charge is -2.28. The summed E-state index contributed by atoms with van der Waals surface area (Å²) in [7, 11) is 1.76. The second-order valence-corrected chi connectivity index (χ2v) is 2.76. The second kappa shape index (κ2) is 2.90. The van der Waals surface area contributed by atoms with Crippen molar-refractivity contribution in [2.24, 2.45) is 10.7 Å². The minimum absolute atomic E-state index is 0.222. The fourth-order valence-electron chi connectivity index (χ4n) is 1.20. The van der Waals surface area contributed by atoms with E-state index in [2.05, 4.69) is 4.99 Å². The Morgan fingerprint density at radius 3 is 3.00 bits per heavy atom. The SMILES string of the molecule is CCC1CC(N)=NC(=O)N1C. The van der Waals surface area contributed by atoms with E-state index < -0.39 is 0 Å². The van der Waals surface area contributed by atoms with Crippen LogP contribution in [0.5, 0.6) is 0 Å². The molecule has 1 atom stereocenters. The fraction of sp³-hybridized carbons (Fsp3) is 0.714. The van der Waals surface area contributed by atoms with Crippen molar-refractivity contribution in [1.29, 1.82) is 0 Å². The Morgan fingerprint density at radius 1 is 1.82 bits per heavy atom. The molecule has 2 N–H and O–H groups in total. The van der Waals surface area contributed by atoms with Crippen LogP contribution >= 0.6 is 0 Å². The molecule has 0 spiro atoms. The summed E-state index contributed by atoms with van der Waals surface area (Å²) in [5, 5.41) is 0. The van der Waals surface area contributed by atoms with Crippen molar-refractivity contribution in [2.75, 3.05) is 7.05 Å². The van der Waals surface area contributed by atoms with Crippen molar-refractivity contribution in [3.8, 4) is 0 Å². The summed E-state index contributed by atoms with van der Waals surface area (Å²) in [6.07, 6.45) is 1.64. The number of amidine groups is 1. The summed E-state index contributed by atoms with van der Waals surface area (Å²) >= 11 is 0. The molecular weight excluding hydrogens is 142 g/mol. The van der Waals surface area contributed by atoms with E-state index in [1.165, 1.54) is 0 Å². The summed E-state index contributed by atoms with van der Waals surface area (Å²) in [4.78, 5) is 16.3. The Hall–Kier alpha value is -1.06. The van der Waals surface area contributed by atoms with Gasteiger partial charge in [-0.1, -0.05) is 6.92 Å². The normalized spacial score (nSPS) is 25.3. The highest BCUT2D eigenvalue weighted by atomic mass is 16.2. The van der Waals surface area contributed by atoms with Crippen LogP contribution in [-0.4, -0.2) is 29.9 Å². The molecule has 0 saturated heterocycles. The molecule has 1 rings (SSSR count). The molecule has 11 heavy (non-hydrogen) atoms. The van der Waals surface area contributed by atoms with Crippen LogP contribution in [0.2, 0.25) is 0 Å². The number of hydrogen-bond donors (Lipinski definition) is 1. The maximum atomic E-state index is 11.0. The van der Waals surface area contributed by atoms with Crippen LogP contribution in [-0.2, 0) is 0 Å². The molecule has 0 aliphatic carbocycles. The zero-order valence-electron chi connectivity index (χ0n) is 6.87. The molecule has 1 aliphatic heterocycles. The maximum Gasteiger partial charge on any atom is 0.345 e. The van der Waals surface area contributed by atoms with Crippen LogP contribution < -0.4 is 5.73 Å². The molecule has 62 valence electrons. The number of carbonyl (C=O) groups excluding carboxylic acids is 1. The maximum absolute atomic E-state index is 11.0. The molecule has 2 amide bonds. The second-order valence-electron chi connectivity index (χ2n) is 2.76. The summed E-state index contributed by atoms with van der Waals surface area (Å²) < 4.78 is 0. The topological polar surface area (TPSA) is 58.7 Å². The van der Waals surface area contributed by atoms with Gasteiger partial charge in [0.2, 0.25) is 0 Å². The van der Waals surface area contributed by atoms with Crippen LogP contribution in [0.4, 0.5) is 4.79 Å². The molecule has 4 heteroatoms. The Morgan fingerprint density at radius 2 is 2.45 bits per heavy atom. The Bertz CT molecular complexity index is 200. The third-order valence-electron chi connectivity index (χ3n) is 2.00. The minimum atomic E-state index is -0.222. The minimum Gasteiger partial charge on any atom is -0.387 e. The van der Waals surface area contributed by atoms with Crippen LogP contribution in [0.25, 0.3) is 0 Å². The number of urea groups is 1. The van der Waals surface area contributed by atoms with Crippen molar-refractivity contribution in [3.63, 3.8) is 0 Å². The summed E-state index contributed by atoms with van der Waals surface area (Å²) in [5.41, 5.74) is 5.46. The van der Waals surface area contributed by atoms with E-state index in [9.17, 15) is 4.79 Å². The molecule has 0 aromatic carbocycles. The van der Waals surface area contributed by atoms with Crippen LogP contribution in [0.3, 0.4) is 0 Å². The molecule has 4 nitrogen and oxygen atoms in total. The first kappa shape index (κ1) is 8.04. The highest BCUT2D eigenvalue weighted by Gasteiger charge is 2.23. The summed E-state index contributed by atoms with van der Waals surface area (Å²) in [6, 6.07) is 0.0144. The molecular formula is C7H13N3O. The van der Waals surface area contributed by atoms with Gasteiger partial charge in [-0.25, -0.2) is 4.79 Å². The van der Waals surface area contributed by atoms with Gasteiger partial charge in [0.15, 0.2) is 0 Å².